The van der Waals surface area contributed by atoms with Crippen LogP contribution in [0.1, 0.15) is 33.9 Å². The maximum atomic E-state index is 12.2. The van der Waals surface area contributed by atoms with E-state index in [1.54, 1.807) is 19.2 Å². The van der Waals surface area contributed by atoms with Crippen molar-refractivity contribution >= 4 is 11.8 Å². The zero-order chi connectivity index (χ0) is 16.8. The topological polar surface area (TPSA) is 89.6 Å². The third kappa shape index (κ3) is 4.40. The third-order valence-corrected chi connectivity index (χ3v) is 3.68. The third-order valence-electron chi connectivity index (χ3n) is 3.68. The fraction of sp³-hybridized carbons (Fsp3) is 0.222. The van der Waals surface area contributed by atoms with Crippen LogP contribution in [0.4, 0.5) is 0 Å². The second-order valence-corrected chi connectivity index (χ2v) is 5.22. The summed E-state index contributed by atoms with van der Waals surface area (Å²) in [6, 6.07) is 12.9. The standard InChI is InChI=1S/C18H19NO4/c1-23-15-9-2-12(3-10-15)4-11-16(20)17(19)13-5-7-14(8-6-13)18(21)22/h2-3,5-10,17H,4,11,19H2,1H3,(H,21,22). The molecule has 0 aliphatic rings. The van der Waals surface area contributed by atoms with E-state index in [9.17, 15) is 9.59 Å². The number of aromatic carboxylic acids is 1. The molecule has 0 aliphatic heterocycles. The Kier molecular flexibility index (Phi) is 5.49. The predicted octanol–water partition coefficient (Wildman–Crippen LogP) is 2.60. The molecule has 0 fully saturated rings. The fourth-order valence-electron chi connectivity index (χ4n) is 2.23. The number of ether oxygens (including phenoxy) is 1. The number of benzene rings is 2. The van der Waals surface area contributed by atoms with E-state index >= 15 is 0 Å². The Morgan fingerprint density at radius 3 is 2.22 bits per heavy atom. The minimum Gasteiger partial charge on any atom is -0.497 e. The van der Waals surface area contributed by atoms with Gasteiger partial charge in [0.15, 0.2) is 5.78 Å². The number of carboxylic acids is 1. The Morgan fingerprint density at radius 2 is 1.70 bits per heavy atom. The molecule has 1 unspecified atom stereocenters. The quantitative estimate of drug-likeness (QED) is 0.820. The van der Waals surface area contributed by atoms with Crippen molar-refractivity contribution < 1.29 is 19.4 Å². The van der Waals surface area contributed by atoms with Crippen LogP contribution in [-0.2, 0) is 11.2 Å². The van der Waals surface area contributed by atoms with Crippen LogP contribution in [0.25, 0.3) is 0 Å². The lowest BCUT2D eigenvalue weighted by Gasteiger charge is -2.11. The van der Waals surface area contributed by atoms with Gasteiger partial charge in [-0.05, 0) is 41.8 Å². The molecule has 0 amide bonds. The molecule has 0 bridgehead atoms. The Balaban J connectivity index is 1.94. The van der Waals surface area contributed by atoms with Gasteiger partial charge in [-0.3, -0.25) is 4.79 Å². The molecule has 3 N–H and O–H groups in total. The van der Waals surface area contributed by atoms with Gasteiger partial charge in [0.2, 0.25) is 0 Å². The van der Waals surface area contributed by atoms with E-state index < -0.39 is 12.0 Å². The summed E-state index contributed by atoms with van der Waals surface area (Å²) >= 11 is 0. The Bertz CT molecular complexity index is 677. The van der Waals surface area contributed by atoms with Crippen molar-refractivity contribution in [1.82, 2.24) is 0 Å². The molecule has 0 heterocycles. The first-order chi connectivity index (χ1) is 11.0. The van der Waals surface area contributed by atoms with Crippen molar-refractivity contribution in [2.24, 2.45) is 5.73 Å². The highest BCUT2D eigenvalue weighted by Gasteiger charge is 2.16. The van der Waals surface area contributed by atoms with Gasteiger partial charge in [-0.15, -0.1) is 0 Å². The number of Topliss-reactive ketones (excluding diaryl/α,β-unsaturated/α-hetero) is 1. The van der Waals surface area contributed by atoms with Gasteiger partial charge in [0.25, 0.3) is 0 Å². The van der Waals surface area contributed by atoms with Crippen LogP contribution in [0, 0.1) is 0 Å². The van der Waals surface area contributed by atoms with E-state index in [0.29, 0.717) is 18.4 Å². The average molecular weight is 313 g/mol. The number of nitrogens with two attached hydrogens (primary N) is 1. The maximum absolute atomic E-state index is 12.2. The summed E-state index contributed by atoms with van der Waals surface area (Å²) in [5, 5.41) is 8.86. The molecule has 23 heavy (non-hydrogen) atoms. The summed E-state index contributed by atoms with van der Waals surface area (Å²) in [7, 11) is 1.60. The Morgan fingerprint density at radius 1 is 1.09 bits per heavy atom. The summed E-state index contributed by atoms with van der Waals surface area (Å²) in [4.78, 5) is 23.0. The van der Waals surface area contributed by atoms with E-state index in [4.69, 9.17) is 15.6 Å². The highest BCUT2D eigenvalue weighted by Crippen LogP contribution is 2.17. The lowest BCUT2D eigenvalue weighted by atomic mass is 9.97. The summed E-state index contributed by atoms with van der Waals surface area (Å²) < 4.78 is 5.09. The van der Waals surface area contributed by atoms with Gasteiger partial charge < -0.3 is 15.6 Å². The number of carboxylic acid groups (broad SMARTS) is 1. The largest absolute Gasteiger partial charge is 0.497 e. The van der Waals surface area contributed by atoms with Gasteiger partial charge >= 0.3 is 5.97 Å². The van der Waals surface area contributed by atoms with E-state index in [1.807, 2.05) is 24.3 Å². The predicted molar refractivity (Wildman–Crippen MR) is 86.7 cm³/mol. The van der Waals surface area contributed by atoms with Gasteiger partial charge in [-0.25, -0.2) is 4.79 Å². The van der Waals surface area contributed by atoms with Crippen LogP contribution in [0.2, 0.25) is 0 Å². The molecule has 0 saturated carbocycles. The minimum atomic E-state index is -1.00. The van der Waals surface area contributed by atoms with Crippen LogP contribution in [0.5, 0.6) is 5.75 Å². The van der Waals surface area contributed by atoms with E-state index in [-0.39, 0.29) is 11.3 Å². The van der Waals surface area contributed by atoms with Crippen molar-refractivity contribution in [3.8, 4) is 5.75 Å². The molecule has 5 heteroatoms. The highest BCUT2D eigenvalue weighted by molar-refractivity contribution is 5.88. The molecular formula is C18H19NO4. The molecule has 0 aliphatic carbocycles. The first-order valence-corrected chi connectivity index (χ1v) is 7.25. The number of carbonyl (C=O) groups excluding carboxylic acids is 1. The zero-order valence-corrected chi connectivity index (χ0v) is 12.9. The van der Waals surface area contributed by atoms with Crippen LogP contribution < -0.4 is 10.5 Å². The molecule has 0 spiro atoms. The van der Waals surface area contributed by atoms with Crippen LogP contribution in [0.15, 0.2) is 48.5 Å². The fourth-order valence-corrected chi connectivity index (χ4v) is 2.23. The molecule has 5 nitrogen and oxygen atoms in total. The first-order valence-electron chi connectivity index (χ1n) is 7.25. The summed E-state index contributed by atoms with van der Waals surface area (Å²) in [5.41, 5.74) is 7.79. The van der Waals surface area contributed by atoms with E-state index in [1.165, 1.54) is 12.1 Å². The summed E-state index contributed by atoms with van der Waals surface area (Å²) in [5.74, 6) is -0.310. The Labute approximate surface area is 134 Å². The van der Waals surface area contributed by atoms with Crippen molar-refractivity contribution in [2.45, 2.75) is 18.9 Å². The monoisotopic (exact) mass is 313 g/mol. The molecule has 2 aromatic rings. The summed E-state index contributed by atoms with van der Waals surface area (Å²) in [6.07, 6.45) is 0.928. The number of carbonyl (C=O) groups is 2. The second kappa shape index (κ2) is 7.56. The lowest BCUT2D eigenvalue weighted by Crippen LogP contribution is -2.21. The van der Waals surface area contributed by atoms with Crippen LogP contribution in [0.3, 0.4) is 0 Å². The van der Waals surface area contributed by atoms with Crippen molar-refractivity contribution in [3.63, 3.8) is 0 Å². The van der Waals surface area contributed by atoms with Gasteiger partial charge in [-0.1, -0.05) is 24.3 Å². The molecule has 0 saturated heterocycles. The van der Waals surface area contributed by atoms with Crippen molar-refractivity contribution in [1.29, 1.82) is 0 Å². The normalized spacial score (nSPS) is 11.7. The SMILES string of the molecule is COc1ccc(CCC(=O)C(N)c2ccc(C(=O)O)cc2)cc1. The van der Waals surface area contributed by atoms with E-state index in [2.05, 4.69) is 0 Å². The van der Waals surface area contributed by atoms with Gasteiger partial charge in [0.05, 0.1) is 18.7 Å². The van der Waals surface area contributed by atoms with Crippen LogP contribution in [-0.4, -0.2) is 24.0 Å². The zero-order valence-electron chi connectivity index (χ0n) is 12.9. The molecule has 120 valence electrons. The average Bonchev–Trinajstić information content (AvgIpc) is 2.59. The molecule has 1 atom stereocenters. The molecule has 2 aromatic carbocycles. The highest BCUT2D eigenvalue weighted by atomic mass is 16.5. The molecule has 0 radical (unpaired) electrons. The number of ketones is 1. The number of rotatable bonds is 7. The maximum Gasteiger partial charge on any atom is 0.335 e. The number of methoxy groups -OCH3 is 1. The van der Waals surface area contributed by atoms with E-state index in [0.717, 1.165) is 11.3 Å². The molecular weight excluding hydrogens is 294 g/mol. The smallest absolute Gasteiger partial charge is 0.335 e. The van der Waals surface area contributed by atoms with Gasteiger partial charge in [-0.2, -0.15) is 0 Å². The lowest BCUT2D eigenvalue weighted by molar-refractivity contribution is -0.120. The number of hydrogen-bond acceptors (Lipinski definition) is 4. The number of aryl methyl sites for hydroxylation is 1. The van der Waals surface area contributed by atoms with Gasteiger partial charge in [0, 0.05) is 6.42 Å². The summed E-state index contributed by atoms with van der Waals surface area (Å²) in [6.45, 7) is 0. The van der Waals surface area contributed by atoms with Crippen LogP contribution >= 0.6 is 0 Å². The molecule has 2 rings (SSSR count). The van der Waals surface area contributed by atoms with Gasteiger partial charge in [0.1, 0.15) is 5.75 Å². The number of hydrogen-bond donors (Lipinski definition) is 2. The second-order valence-electron chi connectivity index (χ2n) is 5.22. The Hall–Kier alpha value is -2.66. The first kappa shape index (κ1) is 16.7. The van der Waals surface area contributed by atoms with Crippen molar-refractivity contribution in [3.05, 3.63) is 65.2 Å². The molecule has 0 aromatic heterocycles. The van der Waals surface area contributed by atoms with Crippen molar-refractivity contribution in [2.75, 3.05) is 7.11 Å². The minimum absolute atomic E-state index is 0.0797.